The maximum Gasteiger partial charge on any atom is 0.325 e. The Morgan fingerprint density at radius 2 is 2.11 bits per heavy atom. The molecule has 0 aromatic heterocycles. The fraction of sp³-hybridized carbons (Fsp3) is 0.500. The smallest absolute Gasteiger partial charge is 0.325 e. The van der Waals surface area contributed by atoms with Crippen LogP contribution in [-0.2, 0) is 9.53 Å². The van der Waals surface area contributed by atoms with Gasteiger partial charge in [-0.25, -0.2) is 0 Å². The van der Waals surface area contributed by atoms with Gasteiger partial charge in [-0.05, 0) is 37.7 Å². The molecule has 0 fully saturated rings. The zero-order valence-corrected chi connectivity index (χ0v) is 12.9. The molecule has 19 heavy (non-hydrogen) atoms. The van der Waals surface area contributed by atoms with Crippen molar-refractivity contribution in [1.82, 2.24) is 0 Å². The summed E-state index contributed by atoms with van der Waals surface area (Å²) in [6.45, 7) is 1.71. The summed E-state index contributed by atoms with van der Waals surface area (Å²) in [6.07, 6.45) is 2.50. The molecule has 2 N–H and O–H groups in total. The van der Waals surface area contributed by atoms with Gasteiger partial charge in [-0.15, -0.1) is 11.8 Å². The maximum absolute atomic E-state index is 11.4. The van der Waals surface area contributed by atoms with Crippen molar-refractivity contribution in [3.05, 3.63) is 29.3 Å². The van der Waals surface area contributed by atoms with Gasteiger partial charge in [0.15, 0.2) is 0 Å². The van der Waals surface area contributed by atoms with E-state index in [0.29, 0.717) is 6.42 Å². The quantitative estimate of drug-likeness (QED) is 0.476. The fourth-order valence-electron chi connectivity index (χ4n) is 1.67. The first-order valence-electron chi connectivity index (χ1n) is 6.22. The molecule has 0 aliphatic heterocycles. The molecule has 5 heteroatoms. The summed E-state index contributed by atoms with van der Waals surface area (Å²) in [7, 11) is 1.36. The lowest BCUT2D eigenvalue weighted by Gasteiger charge is -2.20. The molecule has 0 saturated carbocycles. The second kappa shape index (κ2) is 7.78. The predicted octanol–water partition coefficient (Wildman–Crippen LogP) is 3.49. The van der Waals surface area contributed by atoms with Crippen molar-refractivity contribution in [2.45, 2.75) is 36.6 Å². The predicted molar refractivity (Wildman–Crippen MR) is 80.6 cm³/mol. The average Bonchev–Trinajstić information content (AvgIpc) is 2.39. The summed E-state index contributed by atoms with van der Waals surface area (Å²) in [5, 5.41) is 0.783. The zero-order chi connectivity index (χ0) is 14.3. The van der Waals surface area contributed by atoms with Gasteiger partial charge in [0.1, 0.15) is 5.54 Å². The highest BCUT2D eigenvalue weighted by atomic mass is 35.5. The number of thioether (sulfide) groups is 1. The summed E-state index contributed by atoms with van der Waals surface area (Å²) in [6, 6.07) is 7.79. The second-order valence-corrected chi connectivity index (χ2v) is 6.19. The van der Waals surface area contributed by atoms with Crippen LogP contribution in [0.1, 0.15) is 26.2 Å². The van der Waals surface area contributed by atoms with Crippen LogP contribution in [0.4, 0.5) is 0 Å². The van der Waals surface area contributed by atoms with Gasteiger partial charge in [-0.2, -0.15) is 0 Å². The lowest BCUT2D eigenvalue weighted by atomic mass is 9.97. The van der Waals surface area contributed by atoms with Crippen LogP contribution < -0.4 is 5.73 Å². The van der Waals surface area contributed by atoms with Crippen molar-refractivity contribution >= 4 is 29.3 Å². The molecule has 1 unspecified atom stereocenters. The topological polar surface area (TPSA) is 52.3 Å². The molecule has 1 rings (SSSR count). The van der Waals surface area contributed by atoms with E-state index in [2.05, 4.69) is 4.74 Å². The van der Waals surface area contributed by atoms with E-state index in [9.17, 15) is 4.79 Å². The summed E-state index contributed by atoms with van der Waals surface area (Å²) in [5.74, 6) is 0.604. The van der Waals surface area contributed by atoms with E-state index in [1.807, 2.05) is 24.3 Å². The molecule has 1 aromatic rings. The third-order valence-electron chi connectivity index (χ3n) is 2.84. The number of nitrogens with two attached hydrogens (primary N) is 1. The maximum atomic E-state index is 11.4. The van der Waals surface area contributed by atoms with Crippen LogP contribution in [0.5, 0.6) is 0 Å². The molecule has 0 amide bonds. The van der Waals surface area contributed by atoms with Gasteiger partial charge >= 0.3 is 5.97 Å². The lowest BCUT2D eigenvalue weighted by molar-refractivity contribution is -0.146. The summed E-state index contributed by atoms with van der Waals surface area (Å²) >= 11 is 7.79. The van der Waals surface area contributed by atoms with Crippen molar-refractivity contribution < 1.29 is 9.53 Å². The molecule has 0 radical (unpaired) electrons. The third kappa shape index (κ3) is 5.43. The first-order valence-corrected chi connectivity index (χ1v) is 7.58. The summed E-state index contributed by atoms with van der Waals surface area (Å²) < 4.78 is 4.67. The minimum Gasteiger partial charge on any atom is -0.468 e. The number of methoxy groups -OCH3 is 1. The Morgan fingerprint density at radius 3 is 2.74 bits per heavy atom. The Morgan fingerprint density at radius 1 is 1.42 bits per heavy atom. The fourth-order valence-corrected chi connectivity index (χ4v) is 2.92. The first-order chi connectivity index (χ1) is 8.97. The number of benzene rings is 1. The number of esters is 1. The van der Waals surface area contributed by atoms with E-state index >= 15 is 0 Å². The van der Waals surface area contributed by atoms with Crippen molar-refractivity contribution in [3.63, 3.8) is 0 Å². The third-order valence-corrected chi connectivity index (χ3v) is 4.44. The van der Waals surface area contributed by atoms with E-state index < -0.39 is 5.54 Å². The average molecular weight is 302 g/mol. The number of unbranched alkanes of at least 4 members (excludes halogenated alkanes) is 1. The molecule has 0 heterocycles. The first kappa shape index (κ1) is 16.3. The van der Waals surface area contributed by atoms with E-state index in [-0.39, 0.29) is 5.97 Å². The monoisotopic (exact) mass is 301 g/mol. The highest BCUT2D eigenvalue weighted by Crippen LogP contribution is 2.27. The van der Waals surface area contributed by atoms with Crippen LogP contribution in [0, 0.1) is 0 Å². The van der Waals surface area contributed by atoms with Gasteiger partial charge in [-0.1, -0.05) is 30.2 Å². The molecule has 1 atom stereocenters. The minimum atomic E-state index is -0.885. The molecule has 3 nitrogen and oxygen atoms in total. The number of carbonyl (C=O) groups excluding carboxylic acids is 1. The van der Waals surface area contributed by atoms with Crippen LogP contribution in [-0.4, -0.2) is 24.4 Å². The molecule has 0 bridgehead atoms. The zero-order valence-electron chi connectivity index (χ0n) is 11.3. The molecule has 0 aliphatic carbocycles. The van der Waals surface area contributed by atoms with Crippen molar-refractivity contribution in [3.8, 4) is 0 Å². The molecule has 1 aromatic carbocycles. The summed E-state index contributed by atoms with van der Waals surface area (Å²) in [4.78, 5) is 12.5. The number of hydrogen-bond acceptors (Lipinski definition) is 4. The largest absolute Gasteiger partial charge is 0.468 e. The molecule has 106 valence electrons. The SMILES string of the molecule is COC(=O)C(C)(N)CCCCSc1ccccc1Cl. The highest BCUT2D eigenvalue weighted by molar-refractivity contribution is 7.99. The Balaban J connectivity index is 2.25. The van der Waals surface area contributed by atoms with Gasteiger partial charge in [0.25, 0.3) is 0 Å². The normalized spacial score (nSPS) is 13.9. The van der Waals surface area contributed by atoms with Crippen molar-refractivity contribution in [1.29, 1.82) is 0 Å². The van der Waals surface area contributed by atoms with Crippen molar-refractivity contribution in [2.75, 3.05) is 12.9 Å². The van der Waals surface area contributed by atoms with Crippen molar-refractivity contribution in [2.24, 2.45) is 5.73 Å². The van der Waals surface area contributed by atoms with E-state index in [1.165, 1.54) is 7.11 Å². The van der Waals surface area contributed by atoms with Gasteiger partial charge in [-0.3, -0.25) is 4.79 Å². The Kier molecular flexibility index (Phi) is 6.69. The standard InChI is InChI=1S/C14H20ClNO2S/c1-14(16,13(17)18-2)9-5-6-10-19-12-8-4-3-7-11(12)15/h3-4,7-8H,5-6,9-10,16H2,1-2H3. The molecular weight excluding hydrogens is 282 g/mol. The van der Waals surface area contributed by atoms with Crippen LogP contribution >= 0.6 is 23.4 Å². The Bertz CT molecular complexity index is 424. The number of hydrogen-bond donors (Lipinski definition) is 1. The Hall–Kier alpha value is -0.710. The van der Waals surface area contributed by atoms with Gasteiger partial charge in [0, 0.05) is 4.90 Å². The van der Waals surface area contributed by atoms with Gasteiger partial charge in [0.2, 0.25) is 0 Å². The van der Waals surface area contributed by atoms with Gasteiger partial charge < -0.3 is 10.5 Å². The number of halogens is 1. The van der Waals surface area contributed by atoms with Crippen LogP contribution in [0.25, 0.3) is 0 Å². The van der Waals surface area contributed by atoms with E-state index in [4.69, 9.17) is 17.3 Å². The van der Waals surface area contributed by atoms with Gasteiger partial charge in [0.05, 0.1) is 12.1 Å². The van der Waals surface area contributed by atoms with E-state index in [1.54, 1.807) is 18.7 Å². The molecule has 0 spiro atoms. The number of ether oxygens (including phenoxy) is 1. The molecule has 0 saturated heterocycles. The molecular formula is C14H20ClNO2S. The number of rotatable bonds is 7. The molecule has 0 aliphatic rings. The Labute approximate surface area is 123 Å². The summed E-state index contributed by atoms with van der Waals surface area (Å²) in [5.41, 5.74) is 5.00. The second-order valence-electron chi connectivity index (χ2n) is 4.65. The lowest BCUT2D eigenvalue weighted by Crippen LogP contribution is -2.45. The van der Waals surface area contributed by atoms with E-state index in [0.717, 1.165) is 28.5 Å². The highest BCUT2D eigenvalue weighted by Gasteiger charge is 2.28. The van der Waals surface area contributed by atoms with Crippen LogP contribution in [0.2, 0.25) is 5.02 Å². The number of carbonyl (C=O) groups is 1. The minimum absolute atomic E-state index is 0.355. The van der Waals surface area contributed by atoms with Crippen LogP contribution in [0.15, 0.2) is 29.2 Å². The van der Waals surface area contributed by atoms with Crippen LogP contribution in [0.3, 0.4) is 0 Å².